The van der Waals surface area contributed by atoms with E-state index in [2.05, 4.69) is 21.5 Å². The fourth-order valence-electron chi connectivity index (χ4n) is 2.32. The third-order valence-corrected chi connectivity index (χ3v) is 3.35. The Morgan fingerprint density at radius 3 is 2.86 bits per heavy atom. The predicted octanol–water partition coefficient (Wildman–Crippen LogP) is 2.27. The van der Waals surface area contributed by atoms with Crippen LogP contribution in [0.2, 0.25) is 0 Å². The number of ether oxygens (including phenoxy) is 1. The van der Waals surface area contributed by atoms with Crippen molar-refractivity contribution in [3.63, 3.8) is 0 Å². The van der Waals surface area contributed by atoms with Crippen molar-refractivity contribution in [1.29, 1.82) is 0 Å². The van der Waals surface area contributed by atoms with E-state index in [0.717, 1.165) is 34.5 Å². The zero-order chi connectivity index (χ0) is 14.7. The van der Waals surface area contributed by atoms with Crippen LogP contribution in [-0.2, 0) is 20.1 Å². The van der Waals surface area contributed by atoms with Gasteiger partial charge in [-0.05, 0) is 12.1 Å². The van der Waals surface area contributed by atoms with Crippen LogP contribution in [-0.4, -0.2) is 21.9 Å². The van der Waals surface area contributed by atoms with Crippen LogP contribution in [0.25, 0.3) is 10.9 Å². The maximum absolute atomic E-state index is 5.37. The molecule has 5 heteroatoms. The van der Waals surface area contributed by atoms with Crippen molar-refractivity contribution < 1.29 is 4.74 Å². The Kier molecular flexibility index (Phi) is 3.83. The minimum atomic E-state index is 0.711. The van der Waals surface area contributed by atoms with Gasteiger partial charge in [0.1, 0.15) is 11.3 Å². The molecule has 0 aliphatic heterocycles. The zero-order valence-electron chi connectivity index (χ0n) is 12.2. The molecule has 0 saturated heterocycles. The number of para-hydroxylation sites is 1. The van der Waals surface area contributed by atoms with Gasteiger partial charge < -0.3 is 10.1 Å². The summed E-state index contributed by atoms with van der Waals surface area (Å²) in [6, 6.07) is 10.1. The number of nitrogens with one attached hydrogen (secondary N) is 1. The summed E-state index contributed by atoms with van der Waals surface area (Å²) in [6.45, 7) is 1.49. The van der Waals surface area contributed by atoms with Gasteiger partial charge in [-0.1, -0.05) is 18.2 Å². The van der Waals surface area contributed by atoms with Gasteiger partial charge in [0.15, 0.2) is 0 Å². The van der Waals surface area contributed by atoms with E-state index in [4.69, 9.17) is 4.74 Å². The average molecular weight is 282 g/mol. The van der Waals surface area contributed by atoms with Crippen LogP contribution in [0.5, 0.6) is 5.75 Å². The molecule has 3 aromatic rings. The smallest absolute Gasteiger partial charge is 0.145 e. The van der Waals surface area contributed by atoms with E-state index >= 15 is 0 Å². The van der Waals surface area contributed by atoms with Crippen LogP contribution in [0, 0.1) is 0 Å². The van der Waals surface area contributed by atoms with Crippen LogP contribution in [0.1, 0.15) is 11.3 Å². The van der Waals surface area contributed by atoms with E-state index in [9.17, 15) is 0 Å². The first-order valence-corrected chi connectivity index (χ1v) is 6.87. The fourth-order valence-corrected chi connectivity index (χ4v) is 2.32. The lowest BCUT2D eigenvalue weighted by Gasteiger charge is -2.07. The second kappa shape index (κ2) is 5.93. The number of nitrogens with zero attached hydrogens (tertiary/aromatic N) is 3. The van der Waals surface area contributed by atoms with Gasteiger partial charge in [-0.3, -0.25) is 4.68 Å². The monoisotopic (exact) mass is 282 g/mol. The number of pyridine rings is 1. The molecule has 21 heavy (non-hydrogen) atoms. The number of hydrogen-bond acceptors (Lipinski definition) is 4. The van der Waals surface area contributed by atoms with Crippen LogP contribution in [0.15, 0.2) is 42.7 Å². The topological polar surface area (TPSA) is 52.0 Å². The highest BCUT2D eigenvalue weighted by Gasteiger charge is 2.04. The summed E-state index contributed by atoms with van der Waals surface area (Å²) in [5, 5.41) is 8.62. The first kappa shape index (κ1) is 13.6. The van der Waals surface area contributed by atoms with Crippen LogP contribution >= 0.6 is 0 Å². The van der Waals surface area contributed by atoms with Crippen molar-refractivity contribution in [2.24, 2.45) is 7.05 Å². The molecular formula is C16H18N4O. The van der Waals surface area contributed by atoms with Gasteiger partial charge >= 0.3 is 0 Å². The Labute approximate surface area is 123 Å². The SMILES string of the molecule is COc1cccc2ccc(CNCc3cnn(C)c3)nc12. The minimum absolute atomic E-state index is 0.711. The Morgan fingerprint density at radius 2 is 2.10 bits per heavy atom. The highest BCUT2D eigenvalue weighted by molar-refractivity contribution is 5.84. The van der Waals surface area contributed by atoms with Crippen molar-refractivity contribution in [3.8, 4) is 5.75 Å². The van der Waals surface area contributed by atoms with E-state index in [-0.39, 0.29) is 0 Å². The molecule has 0 aliphatic rings. The number of benzene rings is 1. The van der Waals surface area contributed by atoms with Crippen molar-refractivity contribution in [1.82, 2.24) is 20.1 Å². The lowest BCUT2D eigenvalue weighted by Crippen LogP contribution is -2.13. The molecule has 0 aliphatic carbocycles. The molecule has 2 aromatic heterocycles. The summed E-state index contributed by atoms with van der Waals surface area (Å²) < 4.78 is 7.17. The summed E-state index contributed by atoms with van der Waals surface area (Å²) >= 11 is 0. The number of methoxy groups -OCH3 is 1. The van der Waals surface area contributed by atoms with Crippen LogP contribution < -0.4 is 10.1 Å². The molecule has 3 rings (SSSR count). The third kappa shape index (κ3) is 3.03. The van der Waals surface area contributed by atoms with Crippen molar-refractivity contribution in [3.05, 3.63) is 54.0 Å². The Morgan fingerprint density at radius 1 is 1.19 bits per heavy atom. The van der Waals surface area contributed by atoms with E-state index in [1.165, 1.54) is 0 Å². The van der Waals surface area contributed by atoms with Crippen LogP contribution in [0.4, 0.5) is 0 Å². The third-order valence-electron chi connectivity index (χ3n) is 3.35. The van der Waals surface area contributed by atoms with E-state index in [1.807, 2.05) is 43.7 Å². The number of hydrogen-bond donors (Lipinski definition) is 1. The maximum atomic E-state index is 5.37. The summed E-state index contributed by atoms with van der Waals surface area (Å²) in [6.07, 6.45) is 3.87. The summed E-state index contributed by atoms with van der Waals surface area (Å²) in [5.41, 5.74) is 3.06. The molecule has 0 spiro atoms. The summed E-state index contributed by atoms with van der Waals surface area (Å²) in [7, 11) is 3.59. The zero-order valence-corrected chi connectivity index (χ0v) is 12.2. The van der Waals surface area contributed by atoms with Gasteiger partial charge in [0, 0.05) is 37.3 Å². The van der Waals surface area contributed by atoms with Crippen molar-refractivity contribution in [2.45, 2.75) is 13.1 Å². The first-order chi connectivity index (χ1) is 10.3. The molecule has 0 radical (unpaired) electrons. The molecule has 1 N–H and O–H groups in total. The predicted molar refractivity (Wildman–Crippen MR) is 82.0 cm³/mol. The largest absolute Gasteiger partial charge is 0.494 e. The van der Waals surface area contributed by atoms with E-state index in [1.54, 1.807) is 11.8 Å². The number of rotatable bonds is 5. The quantitative estimate of drug-likeness (QED) is 0.780. The molecule has 0 bridgehead atoms. The highest BCUT2D eigenvalue weighted by atomic mass is 16.5. The summed E-state index contributed by atoms with van der Waals surface area (Å²) in [4.78, 5) is 4.67. The molecule has 0 atom stereocenters. The highest BCUT2D eigenvalue weighted by Crippen LogP contribution is 2.23. The summed E-state index contributed by atoms with van der Waals surface area (Å²) in [5.74, 6) is 0.807. The molecule has 2 heterocycles. The molecule has 0 unspecified atom stereocenters. The Bertz CT molecular complexity index is 751. The molecule has 0 amide bonds. The molecule has 1 aromatic carbocycles. The van der Waals surface area contributed by atoms with Gasteiger partial charge in [-0.25, -0.2) is 4.98 Å². The van der Waals surface area contributed by atoms with Gasteiger partial charge in [0.2, 0.25) is 0 Å². The van der Waals surface area contributed by atoms with Crippen molar-refractivity contribution >= 4 is 10.9 Å². The molecule has 0 saturated carbocycles. The van der Waals surface area contributed by atoms with E-state index in [0.29, 0.717) is 6.54 Å². The number of aromatic nitrogens is 3. The normalized spacial score (nSPS) is 11.0. The number of aryl methyl sites for hydroxylation is 1. The number of fused-ring (bicyclic) bond motifs is 1. The molecular weight excluding hydrogens is 264 g/mol. The molecule has 0 fully saturated rings. The van der Waals surface area contributed by atoms with E-state index < -0.39 is 0 Å². The lowest BCUT2D eigenvalue weighted by molar-refractivity contribution is 0.418. The van der Waals surface area contributed by atoms with Gasteiger partial charge in [0.05, 0.1) is 19.0 Å². The molecule has 5 nitrogen and oxygen atoms in total. The second-order valence-corrected chi connectivity index (χ2v) is 4.96. The average Bonchev–Trinajstić information content (AvgIpc) is 2.92. The Balaban J connectivity index is 1.72. The van der Waals surface area contributed by atoms with Gasteiger partial charge in [0.25, 0.3) is 0 Å². The van der Waals surface area contributed by atoms with Crippen molar-refractivity contribution in [2.75, 3.05) is 7.11 Å². The maximum Gasteiger partial charge on any atom is 0.145 e. The first-order valence-electron chi connectivity index (χ1n) is 6.87. The fraction of sp³-hybridized carbons (Fsp3) is 0.250. The molecule has 108 valence electrons. The van der Waals surface area contributed by atoms with Gasteiger partial charge in [-0.2, -0.15) is 5.10 Å². The standard InChI is InChI=1S/C16H18N4O/c1-20-11-12(9-18-20)8-17-10-14-7-6-13-4-3-5-15(21-2)16(13)19-14/h3-7,9,11,17H,8,10H2,1-2H3. The lowest BCUT2D eigenvalue weighted by atomic mass is 10.2. The Hall–Kier alpha value is -2.40. The van der Waals surface area contributed by atoms with Gasteiger partial charge in [-0.15, -0.1) is 0 Å². The second-order valence-electron chi connectivity index (χ2n) is 4.96. The van der Waals surface area contributed by atoms with Crippen LogP contribution in [0.3, 0.4) is 0 Å². The minimum Gasteiger partial charge on any atom is -0.494 e.